The van der Waals surface area contributed by atoms with Crippen LogP contribution in [0, 0.1) is 0 Å². The highest BCUT2D eigenvalue weighted by Crippen LogP contribution is 2.08. The number of anilines is 1. The highest BCUT2D eigenvalue weighted by Gasteiger charge is 2.03. The van der Waals surface area contributed by atoms with E-state index in [0.717, 1.165) is 12.0 Å². The number of rotatable bonds is 6. The molecular formula is C11H15NO3. The SMILES string of the molecule is COC(CNc1ccc(C=O)cc1)OC. The topological polar surface area (TPSA) is 47.6 Å². The van der Waals surface area contributed by atoms with E-state index in [1.54, 1.807) is 26.4 Å². The molecule has 4 nitrogen and oxygen atoms in total. The molecule has 0 saturated carbocycles. The second-order valence-corrected chi connectivity index (χ2v) is 3.02. The lowest BCUT2D eigenvalue weighted by Gasteiger charge is -2.14. The molecule has 0 unspecified atom stereocenters. The molecule has 15 heavy (non-hydrogen) atoms. The lowest BCUT2D eigenvalue weighted by Crippen LogP contribution is -2.23. The van der Waals surface area contributed by atoms with Gasteiger partial charge < -0.3 is 14.8 Å². The van der Waals surface area contributed by atoms with Crippen molar-refractivity contribution >= 4 is 12.0 Å². The molecule has 0 heterocycles. The Labute approximate surface area is 89.2 Å². The van der Waals surface area contributed by atoms with E-state index >= 15 is 0 Å². The Bertz CT molecular complexity index is 293. The summed E-state index contributed by atoms with van der Waals surface area (Å²) in [6.07, 6.45) is 0.549. The smallest absolute Gasteiger partial charge is 0.173 e. The molecule has 0 aliphatic heterocycles. The van der Waals surface area contributed by atoms with Crippen molar-refractivity contribution in [1.82, 2.24) is 0 Å². The van der Waals surface area contributed by atoms with Crippen molar-refractivity contribution in [3.63, 3.8) is 0 Å². The van der Waals surface area contributed by atoms with Crippen molar-refractivity contribution in [3.05, 3.63) is 29.8 Å². The van der Waals surface area contributed by atoms with Gasteiger partial charge in [0.25, 0.3) is 0 Å². The third-order valence-corrected chi connectivity index (χ3v) is 2.05. The third-order valence-electron chi connectivity index (χ3n) is 2.05. The summed E-state index contributed by atoms with van der Waals surface area (Å²) in [6.45, 7) is 0.563. The van der Waals surface area contributed by atoms with Crippen LogP contribution in [0.1, 0.15) is 10.4 Å². The van der Waals surface area contributed by atoms with Crippen LogP contribution >= 0.6 is 0 Å². The predicted molar refractivity (Wildman–Crippen MR) is 58.1 cm³/mol. The molecule has 1 aromatic carbocycles. The number of ether oxygens (including phenoxy) is 2. The Balaban J connectivity index is 2.46. The van der Waals surface area contributed by atoms with Crippen LogP contribution in [-0.2, 0) is 9.47 Å². The van der Waals surface area contributed by atoms with Crippen molar-refractivity contribution in [2.75, 3.05) is 26.1 Å². The summed E-state index contributed by atoms with van der Waals surface area (Å²) in [5, 5.41) is 3.13. The molecule has 0 spiro atoms. The van der Waals surface area contributed by atoms with Crippen LogP contribution in [0.15, 0.2) is 24.3 Å². The van der Waals surface area contributed by atoms with E-state index in [-0.39, 0.29) is 6.29 Å². The number of aldehydes is 1. The fourth-order valence-corrected chi connectivity index (χ4v) is 1.14. The first-order valence-corrected chi connectivity index (χ1v) is 4.65. The van der Waals surface area contributed by atoms with Gasteiger partial charge in [0.2, 0.25) is 0 Å². The van der Waals surface area contributed by atoms with Gasteiger partial charge in [-0.15, -0.1) is 0 Å². The van der Waals surface area contributed by atoms with Gasteiger partial charge in [-0.2, -0.15) is 0 Å². The zero-order chi connectivity index (χ0) is 11.1. The summed E-state index contributed by atoms with van der Waals surface area (Å²) in [5.74, 6) is 0. The maximum atomic E-state index is 10.4. The molecular weight excluding hydrogens is 194 g/mol. The van der Waals surface area contributed by atoms with Crippen molar-refractivity contribution in [3.8, 4) is 0 Å². The molecule has 1 N–H and O–H groups in total. The number of hydrogen-bond acceptors (Lipinski definition) is 4. The molecule has 1 rings (SSSR count). The summed E-state index contributed by atoms with van der Waals surface area (Å²) in [7, 11) is 3.18. The van der Waals surface area contributed by atoms with Crippen molar-refractivity contribution < 1.29 is 14.3 Å². The first-order valence-electron chi connectivity index (χ1n) is 4.65. The molecule has 0 amide bonds. The van der Waals surface area contributed by atoms with Crippen molar-refractivity contribution in [2.45, 2.75) is 6.29 Å². The van der Waals surface area contributed by atoms with Crippen molar-refractivity contribution in [1.29, 1.82) is 0 Å². The fraction of sp³-hybridized carbons (Fsp3) is 0.364. The normalized spacial score (nSPS) is 10.3. The van der Waals surface area contributed by atoms with E-state index in [1.807, 2.05) is 12.1 Å². The highest BCUT2D eigenvalue weighted by molar-refractivity contribution is 5.75. The van der Waals surface area contributed by atoms with Gasteiger partial charge in [-0.05, 0) is 24.3 Å². The summed E-state index contributed by atoms with van der Waals surface area (Å²) in [6, 6.07) is 7.19. The largest absolute Gasteiger partial charge is 0.380 e. The molecule has 0 aromatic heterocycles. The number of carbonyl (C=O) groups excluding carboxylic acids is 1. The lowest BCUT2D eigenvalue weighted by molar-refractivity contribution is -0.0914. The van der Waals surface area contributed by atoms with Gasteiger partial charge in [-0.1, -0.05) is 0 Å². The molecule has 82 valence electrons. The quantitative estimate of drug-likeness (QED) is 0.570. The second-order valence-electron chi connectivity index (χ2n) is 3.02. The Morgan fingerprint density at radius 1 is 1.27 bits per heavy atom. The Kier molecular flexibility index (Phi) is 4.80. The van der Waals surface area contributed by atoms with Crippen LogP contribution in [0.4, 0.5) is 5.69 Å². The van der Waals surface area contributed by atoms with Crippen LogP contribution in [0.5, 0.6) is 0 Å². The number of carbonyl (C=O) groups is 1. The van der Waals surface area contributed by atoms with Crippen LogP contribution in [0.2, 0.25) is 0 Å². The van der Waals surface area contributed by atoms with Gasteiger partial charge >= 0.3 is 0 Å². The van der Waals surface area contributed by atoms with Gasteiger partial charge in [0.05, 0.1) is 6.54 Å². The Hall–Kier alpha value is -1.39. The van der Waals surface area contributed by atoms with Crippen LogP contribution in [-0.4, -0.2) is 33.3 Å². The maximum absolute atomic E-state index is 10.4. The molecule has 0 fully saturated rings. The van der Waals surface area contributed by atoms with E-state index in [9.17, 15) is 4.79 Å². The van der Waals surface area contributed by atoms with E-state index in [1.165, 1.54) is 0 Å². The average Bonchev–Trinajstić information content (AvgIpc) is 2.31. The monoisotopic (exact) mass is 209 g/mol. The highest BCUT2D eigenvalue weighted by atomic mass is 16.7. The van der Waals surface area contributed by atoms with Gasteiger partial charge in [0, 0.05) is 25.5 Å². The minimum atomic E-state index is -0.268. The second kappa shape index (κ2) is 6.16. The zero-order valence-electron chi connectivity index (χ0n) is 8.90. The summed E-state index contributed by atoms with van der Waals surface area (Å²) in [4.78, 5) is 10.4. The summed E-state index contributed by atoms with van der Waals surface area (Å²) < 4.78 is 10.1. The van der Waals surface area contributed by atoms with Crippen LogP contribution in [0.3, 0.4) is 0 Å². The maximum Gasteiger partial charge on any atom is 0.173 e. The zero-order valence-corrected chi connectivity index (χ0v) is 8.90. The van der Waals surface area contributed by atoms with E-state index in [4.69, 9.17) is 9.47 Å². The minimum absolute atomic E-state index is 0.268. The number of hydrogen-bond donors (Lipinski definition) is 1. The van der Waals surface area contributed by atoms with Crippen molar-refractivity contribution in [2.24, 2.45) is 0 Å². The summed E-state index contributed by atoms with van der Waals surface area (Å²) in [5.41, 5.74) is 1.59. The Morgan fingerprint density at radius 2 is 1.87 bits per heavy atom. The van der Waals surface area contributed by atoms with E-state index in [0.29, 0.717) is 12.1 Å². The molecule has 0 aliphatic rings. The molecule has 0 saturated heterocycles. The fourth-order valence-electron chi connectivity index (χ4n) is 1.14. The molecule has 4 heteroatoms. The van der Waals surface area contributed by atoms with Gasteiger partial charge in [0.1, 0.15) is 6.29 Å². The minimum Gasteiger partial charge on any atom is -0.380 e. The first-order chi connectivity index (χ1) is 7.30. The number of benzene rings is 1. The molecule has 0 bridgehead atoms. The lowest BCUT2D eigenvalue weighted by atomic mass is 10.2. The van der Waals surface area contributed by atoms with E-state index in [2.05, 4.69) is 5.32 Å². The Morgan fingerprint density at radius 3 is 2.33 bits per heavy atom. The van der Waals surface area contributed by atoms with Crippen LogP contribution < -0.4 is 5.32 Å². The summed E-state index contributed by atoms with van der Waals surface area (Å²) >= 11 is 0. The predicted octanol–water partition coefficient (Wildman–Crippen LogP) is 1.53. The first kappa shape index (κ1) is 11.7. The molecule has 0 aliphatic carbocycles. The number of methoxy groups -OCH3 is 2. The third kappa shape index (κ3) is 3.69. The van der Waals surface area contributed by atoms with E-state index < -0.39 is 0 Å². The van der Waals surface area contributed by atoms with Gasteiger partial charge in [0.15, 0.2) is 6.29 Å². The molecule has 0 atom stereocenters. The number of nitrogens with one attached hydrogen (secondary N) is 1. The van der Waals surface area contributed by atoms with Gasteiger partial charge in [-0.25, -0.2) is 0 Å². The molecule has 0 radical (unpaired) electrons. The average molecular weight is 209 g/mol. The molecule has 1 aromatic rings. The van der Waals surface area contributed by atoms with Crippen LogP contribution in [0.25, 0.3) is 0 Å². The standard InChI is InChI=1S/C11H15NO3/c1-14-11(15-2)7-12-10-5-3-9(8-13)4-6-10/h3-6,8,11-12H,7H2,1-2H3. The van der Waals surface area contributed by atoms with Gasteiger partial charge in [-0.3, -0.25) is 4.79 Å².